The maximum atomic E-state index is 5.38. The Bertz CT molecular complexity index is 160. The number of hydrogen-bond acceptors (Lipinski definition) is 4. The number of methoxy groups -OCH3 is 2. The van der Waals surface area contributed by atoms with Gasteiger partial charge in [0.2, 0.25) is 0 Å². The van der Waals surface area contributed by atoms with E-state index in [1.807, 2.05) is 0 Å². The Morgan fingerprint density at radius 2 is 1.88 bits per heavy atom. The molecule has 0 unspecified atom stereocenters. The summed E-state index contributed by atoms with van der Waals surface area (Å²) in [6.45, 7) is 3.34. The SMILES string of the molecule is COCCOCCCCNC1CC(OC)C1. The molecule has 16 heavy (non-hydrogen) atoms. The van der Waals surface area contributed by atoms with Crippen molar-refractivity contribution in [1.29, 1.82) is 0 Å². The van der Waals surface area contributed by atoms with Gasteiger partial charge in [-0.15, -0.1) is 0 Å². The van der Waals surface area contributed by atoms with Crippen molar-refractivity contribution >= 4 is 0 Å². The van der Waals surface area contributed by atoms with Gasteiger partial charge in [-0.05, 0) is 32.2 Å². The standard InChI is InChI=1S/C12H25NO3/c1-14-7-8-16-6-4-3-5-13-11-9-12(10-11)15-2/h11-13H,3-10H2,1-2H3. The van der Waals surface area contributed by atoms with Crippen molar-refractivity contribution in [2.45, 2.75) is 37.8 Å². The minimum absolute atomic E-state index is 0.495. The van der Waals surface area contributed by atoms with Gasteiger partial charge in [0, 0.05) is 26.9 Å². The Balaban J connectivity index is 1.72. The smallest absolute Gasteiger partial charge is 0.0700 e. The van der Waals surface area contributed by atoms with Gasteiger partial charge in [-0.3, -0.25) is 0 Å². The zero-order valence-electron chi connectivity index (χ0n) is 10.5. The highest BCUT2D eigenvalue weighted by atomic mass is 16.5. The van der Waals surface area contributed by atoms with Gasteiger partial charge in [0.25, 0.3) is 0 Å². The van der Waals surface area contributed by atoms with Crippen molar-refractivity contribution in [2.75, 3.05) is 40.6 Å². The molecule has 4 nitrogen and oxygen atoms in total. The highest BCUT2D eigenvalue weighted by molar-refractivity contribution is 4.85. The molecule has 1 aliphatic carbocycles. The molecule has 1 rings (SSSR count). The lowest BCUT2D eigenvalue weighted by molar-refractivity contribution is 0.0172. The zero-order valence-corrected chi connectivity index (χ0v) is 10.5. The van der Waals surface area contributed by atoms with Crippen LogP contribution in [0.25, 0.3) is 0 Å². The molecule has 0 heterocycles. The van der Waals surface area contributed by atoms with Crippen LogP contribution >= 0.6 is 0 Å². The maximum absolute atomic E-state index is 5.38. The molecule has 0 aromatic carbocycles. The fourth-order valence-corrected chi connectivity index (χ4v) is 1.80. The summed E-state index contributed by atoms with van der Waals surface area (Å²) in [7, 11) is 3.48. The van der Waals surface area contributed by atoms with Crippen molar-refractivity contribution in [3.8, 4) is 0 Å². The van der Waals surface area contributed by atoms with Crippen LogP contribution in [0.15, 0.2) is 0 Å². The van der Waals surface area contributed by atoms with Gasteiger partial charge in [-0.1, -0.05) is 0 Å². The fraction of sp³-hybridized carbons (Fsp3) is 1.00. The normalized spacial score (nSPS) is 24.4. The molecule has 4 heteroatoms. The van der Waals surface area contributed by atoms with Crippen LogP contribution in [-0.2, 0) is 14.2 Å². The Hall–Kier alpha value is -0.160. The number of rotatable bonds is 10. The molecule has 1 saturated carbocycles. The van der Waals surface area contributed by atoms with Crippen molar-refractivity contribution in [3.05, 3.63) is 0 Å². The minimum Gasteiger partial charge on any atom is -0.382 e. The lowest BCUT2D eigenvalue weighted by Crippen LogP contribution is -2.45. The number of nitrogens with one attached hydrogen (secondary N) is 1. The molecular weight excluding hydrogens is 206 g/mol. The quantitative estimate of drug-likeness (QED) is 0.573. The number of unbranched alkanes of at least 4 members (excludes halogenated alkanes) is 1. The zero-order chi connectivity index (χ0) is 11.6. The van der Waals surface area contributed by atoms with Crippen LogP contribution in [-0.4, -0.2) is 52.7 Å². The average Bonchev–Trinajstić information content (AvgIpc) is 2.24. The van der Waals surface area contributed by atoms with Crippen LogP contribution in [0.4, 0.5) is 0 Å². The number of ether oxygens (including phenoxy) is 3. The summed E-state index contributed by atoms with van der Waals surface area (Å²) in [4.78, 5) is 0. The van der Waals surface area contributed by atoms with Crippen LogP contribution < -0.4 is 5.32 Å². The molecule has 1 N–H and O–H groups in total. The second-order valence-corrected chi connectivity index (χ2v) is 4.29. The summed E-state index contributed by atoms with van der Waals surface area (Å²) in [5.41, 5.74) is 0. The van der Waals surface area contributed by atoms with Gasteiger partial charge in [-0.2, -0.15) is 0 Å². The van der Waals surface area contributed by atoms with E-state index in [0.717, 1.165) is 19.6 Å². The lowest BCUT2D eigenvalue weighted by Gasteiger charge is -2.34. The van der Waals surface area contributed by atoms with E-state index in [4.69, 9.17) is 14.2 Å². The summed E-state index contributed by atoms with van der Waals surface area (Å²) in [6.07, 6.45) is 5.13. The van der Waals surface area contributed by atoms with E-state index in [1.54, 1.807) is 14.2 Å². The lowest BCUT2D eigenvalue weighted by atomic mass is 9.89. The molecule has 0 spiro atoms. The molecule has 0 radical (unpaired) electrons. The van der Waals surface area contributed by atoms with Gasteiger partial charge >= 0.3 is 0 Å². The third-order valence-corrected chi connectivity index (χ3v) is 3.01. The summed E-state index contributed by atoms with van der Waals surface area (Å²) < 4.78 is 15.5. The van der Waals surface area contributed by atoms with Gasteiger partial charge in [-0.25, -0.2) is 0 Å². The molecule has 96 valence electrons. The van der Waals surface area contributed by atoms with Crippen LogP contribution in [0.1, 0.15) is 25.7 Å². The van der Waals surface area contributed by atoms with Gasteiger partial charge in [0.1, 0.15) is 0 Å². The van der Waals surface area contributed by atoms with Gasteiger partial charge in [0.05, 0.1) is 19.3 Å². The van der Waals surface area contributed by atoms with Crippen LogP contribution in [0.5, 0.6) is 0 Å². The largest absolute Gasteiger partial charge is 0.382 e. The van der Waals surface area contributed by atoms with E-state index >= 15 is 0 Å². The van der Waals surface area contributed by atoms with Crippen LogP contribution in [0.3, 0.4) is 0 Å². The molecule has 0 aromatic rings. The Labute approximate surface area is 98.6 Å². The van der Waals surface area contributed by atoms with E-state index in [2.05, 4.69) is 5.32 Å². The molecule has 0 saturated heterocycles. The molecule has 0 atom stereocenters. The summed E-state index contributed by atoms with van der Waals surface area (Å²) in [5, 5.41) is 3.53. The highest BCUT2D eigenvalue weighted by Crippen LogP contribution is 2.22. The maximum Gasteiger partial charge on any atom is 0.0700 e. The van der Waals surface area contributed by atoms with Crippen molar-refractivity contribution in [2.24, 2.45) is 0 Å². The van der Waals surface area contributed by atoms with Crippen molar-refractivity contribution < 1.29 is 14.2 Å². The first-order chi connectivity index (χ1) is 7.86. The highest BCUT2D eigenvalue weighted by Gasteiger charge is 2.27. The molecule has 0 aliphatic heterocycles. The number of hydrogen-bond donors (Lipinski definition) is 1. The predicted molar refractivity (Wildman–Crippen MR) is 63.8 cm³/mol. The van der Waals surface area contributed by atoms with E-state index < -0.39 is 0 Å². The first kappa shape index (κ1) is 13.9. The molecule has 0 aromatic heterocycles. The molecule has 0 amide bonds. The molecule has 0 bridgehead atoms. The third kappa shape index (κ3) is 5.80. The van der Waals surface area contributed by atoms with E-state index in [0.29, 0.717) is 25.4 Å². The molecular formula is C12H25NO3. The third-order valence-electron chi connectivity index (χ3n) is 3.01. The van der Waals surface area contributed by atoms with Crippen LogP contribution in [0, 0.1) is 0 Å². The second kappa shape index (κ2) is 8.93. The Morgan fingerprint density at radius 1 is 1.06 bits per heavy atom. The Morgan fingerprint density at radius 3 is 2.56 bits per heavy atom. The molecule has 1 aliphatic rings. The van der Waals surface area contributed by atoms with Gasteiger partial charge in [0.15, 0.2) is 0 Å². The van der Waals surface area contributed by atoms with Crippen LogP contribution in [0.2, 0.25) is 0 Å². The topological polar surface area (TPSA) is 39.7 Å². The monoisotopic (exact) mass is 231 g/mol. The summed E-state index contributed by atoms with van der Waals surface area (Å²) in [6, 6.07) is 0.680. The Kier molecular flexibility index (Phi) is 7.76. The van der Waals surface area contributed by atoms with E-state index in [1.165, 1.54) is 19.3 Å². The second-order valence-electron chi connectivity index (χ2n) is 4.29. The first-order valence-electron chi connectivity index (χ1n) is 6.19. The predicted octanol–water partition coefficient (Wildman–Crippen LogP) is 1.20. The van der Waals surface area contributed by atoms with E-state index in [9.17, 15) is 0 Å². The minimum atomic E-state index is 0.495. The summed E-state index contributed by atoms with van der Waals surface area (Å²) in [5.74, 6) is 0. The van der Waals surface area contributed by atoms with Crippen molar-refractivity contribution in [3.63, 3.8) is 0 Å². The van der Waals surface area contributed by atoms with E-state index in [-0.39, 0.29) is 0 Å². The van der Waals surface area contributed by atoms with Gasteiger partial charge < -0.3 is 19.5 Å². The summed E-state index contributed by atoms with van der Waals surface area (Å²) >= 11 is 0. The molecule has 1 fully saturated rings. The fourth-order valence-electron chi connectivity index (χ4n) is 1.80. The first-order valence-corrected chi connectivity index (χ1v) is 6.19. The van der Waals surface area contributed by atoms with Crippen molar-refractivity contribution in [1.82, 2.24) is 5.32 Å². The average molecular weight is 231 g/mol.